The van der Waals surface area contributed by atoms with E-state index in [1.807, 2.05) is 0 Å². The number of methoxy groups -OCH3 is 1. The van der Waals surface area contributed by atoms with Crippen LogP contribution in [0.1, 0.15) is 36.6 Å². The lowest BCUT2D eigenvalue weighted by atomic mass is 10.1. The number of hydrogen-bond acceptors (Lipinski definition) is 3. The highest BCUT2D eigenvalue weighted by Crippen LogP contribution is 2.34. The molecule has 0 saturated heterocycles. The smallest absolute Gasteiger partial charge is 0.385 e. The van der Waals surface area contributed by atoms with Gasteiger partial charge in [0.1, 0.15) is 0 Å². The van der Waals surface area contributed by atoms with Gasteiger partial charge in [-0.15, -0.1) is 0 Å². The number of nitrogens with zero attached hydrogens (tertiary/aromatic N) is 2. The van der Waals surface area contributed by atoms with Crippen molar-refractivity contribution in [1.29, 1.82) is 0 Å². The van der Waals surface area contributed by atoms with Crippen molar-refractivity contribution in [3.05, 3.63) is 17.2 Å². The number of imidazole rings is 1. The number of rotatable bonds is 4. The number of nitrogens with one attached hydrogen (secondary N) is 1. The van der Waals surface area contributed by atoms with E-state index < -0.39 is 12.0 Å². The summed E-state index contributed by atoms with van der Waals surface area (Å²) >= 11 is 0. The monoisotopic (exact) mass is 277 g/mol. The third-order valence-corrected chi connectivity index (χ3v) is 3.36. The Bertz CT molecular complexity index is 442. The molecule has 1 aliphatic heterocycles. The maximum atomic E-state index is 13.1. The molecular formula is C12H18F3N3O. The minimum atomic E-state index is -4.42. The summed E-state index contributed by atoms with van der Waals surface area (Å²) in [7, 11) is 1.55. The van der Waals surface area contributed by atoms with Gasteiger partial charge < -0.3 is 14.6 Å². The average Bonchev–Trinajstić information content (AvgIpc) is 2.75. The molecule has 0 fully saturated rings. The summed E-state index contributed by atoms with van der Waals surface area (Å²) in [4.78, 5) is 3.79. The van der Waals surface area contributed by atoms with Crippen molar-refractivity contribution in [3.63, 3.8) is 0 Å². The summed E-state index contributed by atoms with van der Waals surface area (Å²) in [6.07, 6.45) is -3.30. The second-order valence-electron chi connectivity index (χ2n) is 4.75. The molecule has 2 heterocycles. The van der Waals surface area contributed by atoms with Gasteiger partial charge in [-0.1, -0.05) is 0 Å². The predicted octanol–water partition coefficient (Wildman–Crippen LogP) is 2.15. The Labute approximate surface area is 110 Å². The van der Waals surface area contributed by atoms with E-state index in [0.29, 0.717) is 43.9 Å². The van der Waals surface area contributed by atoms with Crippen LogP contribution in [-0.4, -0.2) is 29.8 Å². The molecule has 1 aromatic heterocycles. The van der Waals surface area contributed by atoms with E-state index in [-0.39, 0.29) is 6.04 Å². The van der Waals surface area contributed by atoms with Crippen LogP contribution in [0.25, 0.3) is 0 Å². The quantitative estimate of drug-likeness (QED) is 0.916. The molecular weight excluding hydrogens is 259 g/mol. The van der Waals surface area contributed by atoms with Crippen molar-refractivity contribution >= 4 is 0 Å². The van der Waals surface area contributed by atoms with Crippen molar-refractivity contribution in [2.75, 3.05) is 20.3 Å². The minimum Gasteiger partial charge on any atom is -0.385 e. The summed E-state index contributed by atoms with van der Waals surface area (Å²) in [5, 5.41) is 3.05. The van der Waals surface area contributed by atoms with Crippen LogP contribution in [0.2, 0.25) is 0 Å². The molecule has 0 amide bonds. The number of halogens is 3. The second kappa shape index (κ2) is 5.50. The number of fused-ring (bicyclic) bond motifs is 1. The number of hydrogen-bond donors (Lipinski definition) is 1. The van der Waals surface area contributed by atoms with Crippen molar-refractivity contribution in [2.24, 2.45) is 0 Å². The molecule has 2 rings (SSSR count). The minimum absolute atomic E-state index is 0.272. The molecule has 7 heteroatoms. The van der Waals surface area contributed by atoms with Crippen LogP contribution in [0.5, 0.6) is 0 Å². The molecule has 1 N–H and O–H groups in total. The van der Waals surface area contributed by atoms with Crippen molar-refractivity contribution in [1.82, 2.24) is 14.9 Å². The fraction of sp³-hybridized carbons (Fsp3) is 0.750. The van der Waals surface area contributed by atoms with E-state index in [2.05, 4.69) is 10.3 Å². The van der Waals surface area contributed by atoms with E-state index in [4.69, 9.17) is 4.74 Å². The molecule has 1 atom stereocenters. The second-order valence-corrected chi connectivity index (χ2v) is 4.75. The van der Waals surface area contributed by atoms with Gasteiger partial charge in [0.25, 0.3) is 0 Å². The zero-order valence-electron chi connectivity index (χ0n) is 11.0. The normalized spacial score (nSPS) is 17.3. The molecule has 0 aromatic carbocycles. The summed E-state index contributed by atoms with van der Waals surface area (Å²) in [6, 6.07) is -0.272. The van der Waals surface area contributed by atoms with Crippen LogP contribution < -0.4 is 5.32 Å². The van der Waals surface area contributed by atoms with E-state index in [0.717, 1.165) is 0 Å². The zero-order chi connectivity index (χ0) is 14.0. The number of alkyl halides is 3. The fourth-order valence-electron chi connectivity index (χ4n) is 2.43. The predicted molar refractivity (Wildman–Crippen MR) is 63.8 cm³/mol. The summed E-state index contributed by atoms with van der Waals surface area (Å²) in [5.41, 5.74) is 1.22. The Balaban J connectivity index is 2.40. The van der Waals surface area contributed by atoms with Crippen LogP contribution in [0.3, 0.4) is 0 Å². The molecule has 0 bridgehead atoms. The molecule has 0 radical (unpaired) electrons. The van der Waals surface area contributed by atoms with Crippen molar-refractivity contribution in [3.8, 4) is 0 Å². The van der Waals surface area contributed by atoms with Gasteiger partial charge in [0, 0.05) is 45.0 Å². The Morgan fingerprint density at radius 2 is 2.21 bits per heavy atom. The van der Waals surface area contributed by atoms with Gasteiger partial charge in [-0.3, -0.25) is 0 Å². The summed E-state index contributed by atoms with van der Waals surface area (Å²) in [5.74, 6) is -0.787. The van der Waals surface area contributed by atoms with Crippen LogP contribution in [0.4, 0.5) is 13.2 Å². The van der Waals surface area contributed by atoms with Crippen LogP contribution in [-0.2, 0) is 23.9 Å². The maximum absolute atomic E-state index is 13.1. The maximum Gasteiger partial charge on any atom is 0.449 e. The van der Waals surface area contributed by atoms with Gasteiger partial charge in [-0.2, -0.15) is 13.2 Å². The Hall–Kier alpha value is -1.08. The van der Waals surface area contributed by atoms with E-state index in [1.165, 1.54) is 4.57 Å². The molecule has 0 aliphatic carbocycles. The van der Waals surface area contributed by atoms with Crippen molar-refractivity contribution in [2.45, 2.75) is 38.5 Å². The van der Waals surface area contributed by atoms with Crippen molar-refractivity contribution < 1.29 is 17.9 Å². The lowest BCUT2D eigenvalue weighted by Crippen LogP contribution is -2.26. The van der Waals surface area contributed by atoms with Gasteiger partial charge in [-0.05, 0) is 13.3 Å². The lowest BCUT2D eigenvalue weighted by Gasteiger charge is -2.22. The van der Waals surface area contributed by atoms with Gasteiger partial charge in [0.2, 0.25) is 5.82 Å². The molecule has 4 nitrogen and oxygen atoms in total. The highest BCUT2D eigenvalue weighted by Gasteiger charge is 2.40. The Kier molecular flexibility index (Phi) is 4.15. The zero-order valence-corrected chi connectivity index (χ0v) is 11.0. The van der Waals surface area contributed by atoms with Crippen LogP contribution >= 0.6 is 0 Å². The largest absolute Gasteiger partial charge is 0.449 e. The van der Waals surface area contributed by atoms with Crippen LogP contribution in [0, 0.1) is 0 Å². The van der Waals surface area contributed by atoms with E-state index in [1.54, 1.807) is 14.0 Å². The van der Waals surface area contributed by atoms with Crippen LogP contribution in [0.15, 0.2) is 0 Å². The molecule has 0 saturated carbocycles. The average molecular weight is 277 g/mol. The lowest BCUT2D eigenvalue weighted by molar-refractivity contribution is -0.148. The molecule has 1 aliphatic rings. The molecule has 1 unspecified atom stereocenters. The Morgan fingerprint density at radius 3 is 2.84 bits per heavy atom. The fourth-order valence-corrected chi connectivity index (χ4v) is 2.43. The third-order valence-electron chi connectivity index (χ3n) is 3.36. The SMILES string of the molecule is COCCC(C)n1c(C(F)(F)F)nc2c1CCNC2. The Morgan fingerprint density at radius 1 is 1.47 bits per heavy atom. The molecule has 19 heavy (non-hydrogen) atoms. The van der Waals surface area contributed by atoms with E-state index in [9.17, 15) is 13.2 Å². The molecule has 1 aromatic rings. The first kappa shape index (κ1) is 14.3. The topological polar surface area (TPSA) is 39.1 Å². The summed E-state index contributed by atoms with van der Waals surface area (Å²) in [6.45, 7) is 3.30. The highest BCUT2D eigenvalue weighted by molar-refractivity contribution is 5.22. The van der Waals surface area contributed by atoms with Gasteiger partial charge >= 0.3 is 6.18 Å². The van der Waals surface area contributed by atoms with Gasteiger partial charge in [0.05, 0.1) is 5.69 Å². The van der Waals surface area contributed by atoms with Gasteiger partial charge in [0.15, 0.2) is 0 Å². The molecule has 108 valence electrons. The van der Waals surface area contributed by atoms with E-state index >= 15 is 0 Å². The number of ether oxygens (including phenoxy) is 1. The highest BCUT2D eigenvalue weighted by atomic mass is 19.4. The number of aromatic nitrogens is 2. The third kappa shape index (κ3) is 2.92. The molecule has 0 spiro atoms. The standard InChI is InChI=1S/C12H18F3N3O/c1-8(4-6-19-2)18-10-3-5-16-7-9(10)17-11(18)12(13,14)15/h8,16H,3-7H2,1-2H3. The summed E-state index contributed by atoms with van der Waals surface area (Å²) < 4.78 is 45.5. The van der Waals surface area contributed by atoms with Gasteiger partial charge in [-0.25, -0.2) is 4.98 Å². The first-order valence-electron chi connectivity index (χ1n) is 6.32. The first-order valence-corrected chi connectivity index (χ1v) is 6.32. The first-order chi connectivity index (χ1) is 8.95.